The minimum absolute atomic E-state index is 0.00945. The highest BCUT2D eigenvalue weighted by molar-refractivity contribution is 7.89. The van der Waals surface area contributed by atoms with Gasteiger partial charge >= 0.3 is 0 Å². The Kier molecular flexibility index (Phi) is 5.05. The number of hydrogen-bond acceptors (Lipinski definition) is 4. The molecule has 0 saturated heterocycles. The summed E-state index contributed by atoms with van der Waals surface area (Å²) in [5.41, 5.74) is 0.203. The molecule has 6 nitrogen and oxygen atoms in total. The maximum absolute atomic E-state index is 13.6. The van der Waals surface area contributed by atoms with Crippen LogP contribution in [0, 0.1) is 5.82 Å². The molecule has 0 atom stereocenters. The van der Waals surface area contributed by atoms with Crippen LogP contribution in [-0.2, 0) is 10.0 Å². The van der Waals surface area contributed by atoms with Crippen LogP contribution in [0.25, 0.3) is 5.69 Å². The number of hydrogen-bond donors (Lipinski definition) is 2. The van der Waals surface area contributed by atoms with Crippen LogP contribution < -0.4 is 10.0 Å². The molecule has 0 bridgehead atoms. The SMILES string of the molecule is CNCCCNS(=O)(=O)c1cnn(-c2ccccc2F)c1. The fraction of sp³-hybridized carbons (Fsp3) is 0.308. The summed E-state index contributed by atoms with van der Waals surface area (Å²) in [7, 11) is -1.83. The summed E-state index contributed by atoms with van der Waals surface area (Å²) in [6, 6.07) is 6.04. The zero-order valence-electron chi connectivity index (χ0n) is 11.6. The van der Waals surface area contributed by atoms with Gasteiger partial charge in [-0.05, 0) is 32.1 Å². The Hall–Kier alpha value is -1.77. The van der Waals surface area contributed by atoms with E-state index in [2.05, 4.69) is 15.1 Å². The third kappa shape index (κ3) is 3.87. The lowest BCUT2D eigenvalue weighted by molar-refractivity contribution is 0.577. The summed E-state index contributed by atoms with van der Waals surface area (Å²) >= 11 is 0. The molecule has 0 saturated carbocycles. The first kappa shape index (κ1) is 15.6. The maximum atomic E-state index is 13.6. The number of rotatable bonds is 7. The Labute approximate surface area is 123 Å². The first-order valence-electron chi connectivity index (χ1n) is 6.48. The van der Waals surface area contributed by atoms with Crippen molar-refractivity contribution in [2.45, 2.75) is 11.3 Å². The lowest BCUT2D eigenvalue weighted by atomic mass is 10.3. The second-order valence-corrected chi connectivity index (χ2v) is 6.19. The van der Waals surface area contributed by atoms with Gasteiger partial charge in [0.25, 0.3) is 0 Å². The van der Waals surface area contributed by atoms with E-state index in [1.54, 1.807) is 19.2 Å². The highest BCUT2D eigenvalue weighted by atomic mass is 32.2. The van der Waals surface area contributed by atoms with Crippen molar-refractivity contribution in [2.24, 2.45) is 0 Å². The van der Waals surface area contributed by atoms with E-state index in [1.807, 2.05) is 0 Å². The molecule has 0 unspecified atom stereocenters. The smallest absolute Gasteiger partial charge is 0.243 e. The minimum atomic E-state index is -3.62. The molecule has 1 heterocycles. The van der Waals surface area contributed by atoms with Crippen molar-refractivity contribution >= 4 is 10.0 Å². The lowest BCUT2D eigenvalue weighted by Gasteiger charge is -2.04. The summed E-state index contributed by atoms with van der Waals surface area (Å²) in [6.07, 6.45) is 3.17. The van der Waals surface area contributed by atoms with E-state index in [-0.39, 0.29) is 10.6 Å². The van der Waals surface area contributed by atoms with Gasteiger partial charge in [0.15, 0.2) is 0 Å². The van der Waals surface area contributed by atoms with Gasteiger partial charge in [-0.2, -0.15) is 5.10 Å². The van der Waals surface area contributed by atoms with Crippen LogP contribution >= 0.6 is 0 Å². The summed E-state index contributed by atoms with van der Waals surface area (Å²) in [5.74, 6) is -0.466. The molecule has 0 aliphatic rings. The summed E-state index contributed by atoms with van der Waals surface area (Å²) in [5, 5.41) is 6.84. The lowest BCUT2D eigenvalue weighted by Crippen LogP contribution is -2.26. The van der Waals surface area contributed by atoms with Crippen LogP contribution in [0.4, 0.5) is 4.39 Å². The third-order valence-electron chi connectivity index (χ3n) is 2.86. The van der Waals surface area contributed by atoms with Crippen LogP contribution in [0.1, 0.15) is 6.42 Å². The summed E-state index contributed by atoms with van der Waals surface area (Å²) in [6.45, 7) is 1.05. The molecule has 2 rings (SSSR count). The molecule has 1 aromatic heterocycles. The largest absolute Gasteiger partial charge is 0.320 e. The van der Waals surface area contributed by atoms with Crippen molar-refractivity contribution in [2.75, 3.05) is 20.1 Å². The van der Waals surface area contributed by atoms with Gasteiger partial charge in [-0.1, -0.05) is 12.1 Å². The van der Waals surface area contributed by atoms with Crippen molar-refractivity contribution < 1.29 is 12.8 Å². The van der Waals surface area contributed by atoms with Crippen molar-refractivity contribution in [1.29, 1.82) is 0 Å². The van der Waals surface area contributed by atoms with E-state index in [1.165, 1.54) is 29.2 Å². The zero-order chi connectivity index (χ0) is 15.3. The standard InChI is InChI=1S/C13H17FN4O2S/c1-15-7-4-8-17-21(19,20)11-9-16-18(10-11)13-6-3-2-5-12(13)14/h2-3,5-6,9-10,15,17H,4,7-8H2,1H3. The molecular weight excluding hydrogens is 295 g/mol. The van der Waals surface area contributed by atoms with Crippen molar-refractivity contribution in [3.05, 3.63) is 42.5 Å². The Balaban J connectivity index is 2.14. The second kappa shape index (κ2) is 6.79. The number of sulfonamides is 1. The van der Waals surface area contributed by atoms with Gasteiger partial charge in [-0.15, -0.1) is 0 Å². The second-order valence-electron chi connectivity index (χ2n) is 4.43. The Morgan fingerprint density at radius 2 is 2.05 bits per heavy atom. The fourth-order valence-electron chi connectivity index (χ4n) is 1.77. The number of para-hydroxylation sites is 1. The van der Waals surface area contributed by atoms with E-state index >= 15 is 0 Å². The number of halogens is 1. The molecule has 0 spiro atoms. The molecule has 114 valence electrons. The highest BCUT2D eigenvalue weighted by Crippen LogP contribution is 2.14. The zero-order valence-corrected chi connectivity index (χ0v) is 12.4. The first-order chi connectivity index (χ1) is 10.0. The predicted octanol–water partition coefficient (Wildman–Crippen LogP) is 0.899. The molecule has 0 amide bonds. The number of nitrogens with zero attached hydrogens (tertiary/aromatic N) is 2. The van der Waals surface area contributed by atoms with Crippen molar-refractivity contribution in [3.63, 3.8) is 0 Å². The molecule has 0 aliphatic heterocycles. The van der Waals surface area contributed by atoms with Gasteiger partial charge in [0.05, 0.1) is 12.4 Å². The van der Waals surface area contributed by atoms with Crippen LogP contribution in [-0.4, -0.2) is 38.3 Å². The number of benzene rings is 1. The predicted molar refractivity (Wildman–Crippen MR) is 77.3 cm³/mol. The monoisotopic (exact) mass is 312 g/mol. The van der Waals surface area contributed by atoms with Gasteiger partial charge in [-0.25, -0.2) is 22.2 Å². The molecule has 2 aromatic rings. The molecule has 21 heavy (non-hydrogen) atoms. The molecular formula is C13H17FN4O2S. The van der Waals surface area contributed by atoms with E-state index in [4.69, 9.17) is 0 Å². The van der Waals surface area contributed by atoms with Crippen LogP contribution in [0.15, 0.2) is 41.6 Å². The van der Waals surface area contributed by atoms with Gasteiger partial charge < -0.3 is 5.32 Å². The Morgan fingerprint density at radius 1 is 1.29 bits per heavy atom. The van der Waals surface area contributed by atoms with Gasteiger partial charge in [-0.3, -0.25) is 0 Å². The highest BCUT2D eigenvalue weighted by Gasteiger charge is 2.17. The average Bonchev–Trinajstić information content (AvgIpc) is 2.95. The quantitative estimate of drug-likeness (QED) is 0.745. The molecule has 0 aliphatic carbocycles. The van der Waals surface area contributed by atoms with Gasteiger partial charge in [0.1, 0.15) is 16.4 Å². The maximum Gasteiger partial charge on any atom is 0.243 e. The number of aromatic nitrogens is 2. The summed E-state index contributed by atoms with van der Waals surface area (Å²) in [4.78, 5) is 0.00945. The van der Waals surface area contributed by atoms with E-state index < -0.39 is 15.8 Å². The Morgan fingerprint density at radius 3 is 2.76 bits per heavy atom. The molecule has 8 heteroatoms. The van der Waals surface area contributed by atoms with Crippen LogP contribution in [0.5, 0.6) is 0 Å². The van der Waals surface area contributed by atoms with Crippen LogP contribution in [0.2, 0.25) is 0 Å². The molecule has 0 radical (unpaired) electrons. The fourth-order valence-corrected chi connectivity index (χ4v) is 2.77. The van der Waals surface area contributed by atoms with Crippen molar-refractivity contribution in [1.82, 2.24) is 19.8 Å². The molecule has 1 aromatic carbocycles. The molecule has 2 N–H and O–H groups in total. The minimum Gasteiger partial charge on any atom is -0.320 e. The van der Waals surface area contributed by atoms with Crippen LogP contribution in [0.3, 0.4) is 0 Å². The summed E-state index contributed by atoms with van der Waals surface area (Å²) < 4.78 is 41.4. The molecule has 0 fully saturated rings. The van der Waals surface area contributed by atoms with Gasteiger partial charge in [0, 0.05) is 6.54 Å². The van der Waals surface area contributed by atoms with E-state index in [0.29, 0.717) is 13.0 Å². The average molecular weight is 312 g/mol. The van der Waals surface area contributed by atoms with Crippen molar-refractivity contribution in [3.8, 4) is 5.69 Å². The topological polar surface area (TPSA) is 76.0 Å². The first-order valence-corrected chi connectivity index (χ1v) is 7.97. The van der Waals surface area contributed by atoms with E-state index in [9.17, 15) is 12.8 Å². The normalized spacial score (nSPS) is 11.7. The Bertz CT molecular complexity index is 700. The van der Waals surface area contributed by atoms with E-state index in [0.717, 1.165) is 6.54 Å². The third-order valence-corrected chi connectivity index (χ3v) is 4.28. The number of nitrogens with one attached hydrogen (secondary N) is 2. The van der Waals surface area contributed by atoms with Gasteiger partial charge in [0.2, 0.25) is 10.0 Å².